The number of aromatic nitrogens is 2. The van der Waals surface area contributed by atoms with E-state index in [0.29, 0.717) is 18.2 Å². The van der Waals surface area contributed by atoms with E-state index in [0.717, 1.165) is 25.2 Å². The Morgan fingerprint density at radius 1 is 1.43 bits per heavy atom. The molecule has 2 aromatic rings. The lowest BCUT2D eigenvalue weighted by Crippen LogP contribution is -2.43. The summed E-state index contributed by atoms with van der Waals surface area (Å²) in [6.07, 6.45) is 3.77. The number of ether oxygens (including phenoxy) is 1. The van der Waals surface area contributed by atoms with Crippen LogP contribution in [-0.2, 0) is 17.8 Å². The van der Waals surface area contributed by atoms with E-state index in [-0.39, 0.29) is 11.9 Å². The van der Waals surface area contributed by atoms with E-state index >= 15 is 0 Å². The highest BCUT2D eigenvalue weighted by Crippen LogP contribution is 2.20. The van der Waals surface area contributed by atoms with Gasteiger partial charge in [-0.15, -0.1) is 0 Å². The summed E-state index contributed by atoms with van der Waals surface area (Å²) >= 11 is 6.13. The standard InChI is InChI=1S/C15H17ClFN3O/c16-15-3-2-13(17)8-12(15)9-19-6-7-21-14(10-19)11-20-5-1-4-18-20/h1-5,8,14H,6-7,9-11H2/t14-/m1/s1. The molecule has 6 heteroatoms. The van der Waals surface area contributed by atoms with Crippen LogP contribution in [-0.4, -0.2) is 40.5 Å². The lowest BCUT2D eigenvalue weighted by Gasteiger charge is -2.33. The Bertz CT molecular complexity index is 591. The molecule has 0 radical (unpaired) electrons. The lowest BCUT2D eigenvalue weighted by atomic mass is 10.2. The van der Waals surface area contributed by atoms with Gasteiger partial charge in [0.25, 0.3) is 0 Å². The summed E-state index contributed by atoms with van der Waals surface area (Å²) in [5.74, 6) is -0.254. The van der Waals surface area contributed by atoms with Crippen LogP contribution in [0.15, 0.2) is 36.7 Å². The van der Waals surface area contributed by atoms with Crippen molar-refractivity contribution in [3.63, 3.8) is 0 Å². The molecule has 0 unspecified atom stereocenters. The first kappa shape index (κ1) is 14.5. The fourth-order valence-corrected chi connectivity index (χ4v) is 2.73. The smallest absolute Gasteiger partial charge is 0.123 e. The van der Waals surface area contributed by atoms with Crippen LogP contribution in [0.25, 0.3) is 0 Å². The summed E-state index contributed by atoms with van der Waals surface area (Å²) in [7, 11) is 0. The number of nitrogens with zero attached hydrogens (tertiary/aromatic N) is 3. The van der Waals surface area contributed by atoms with Gasteiger partial charge in [-0.05, 0) is 29.8 Å². The van der Waals surface area contributed by atoms with Crippen molar-refractivity contribution in [2.45, 2.75) is 19.2 Å². The van der Waals surface area contributed by atoms with Gasteiger partial charge in [0.2, 0.25) is 0 Å². The molecule has 0 N–H and O–H groups in total. The Labute approximate surface area is 128 Å². The third kappa shape index (κ3) is 3.81. The molecule has 0 saturated carbocycles. The van der Waals surface area contributed by atoms with E-state index in [2.05, 4.69) is 10.00 Å². The maximum absolute atomic E-state index is 13.3. The van der Waals surface area contributed by atoms with E-state index in [1.165, 1.54) is 12.1 Å². The molecule has 1 atom stereocenters. The molecule has 1 fully saturated rings. The Hall–Kier alpha value is -1.43. The average Bonchev–Trinajstić information content (AvgIpc) is 2.96. The van der Waals surface area contributed by atoms with Crippen LogP contribution in [0.5, 0.6) is 0 Å². The van der Waals surface area contributed by atoms with Crippen LogP contribution in [0, 0.1) is 5.82 Å². The Morgan fingerprint density at radius 2 is 2.33 bits per heavy atom. The van der Waals surface area contributed by atoms with Crippen molar-refractivity contribution in [1.29, 1.82) is 0 Å². The zero-order valence-electron chi connectivity index (χ0n) is 11.6. The molecule has 4 nitrogen and oxygen atoms in total. The Kier molecular flexibility index (Phi) is 4.53. The van der Waals surface area contributed by atoms with E-state index in [9.17, 15) is 4.39 Å². The van der Waals surface area contributed by atoms with E-state index in [4.69, 9.17) is 16.3 Å². The van der Waals surface area contributed by atoms with Crippen molar-refractivity contribution in [2.75, 3.05) is 19.7 Å². The van der Waals surface area contributed by atoms with Crippen LogP contribution in [0.2, 0.25) is 5.02 Å². The molecule has 1 saturated heterocycles. The van der Waals surface area contributed by atoms with E-state index in [1.54, 1.807) is 12.3 Å². The number of rotatable bonds is 4. The number of morpholine rings is 1. The van der Waals surface area contributed by atoms with Gasteiger partial charge in [-0.3, -0.25) is 9.58 Å². The minimum Gasteiger partial charge on any atom is -0.374 e. The largest absolute Gasteiger partial charge is 0.374 e. The normalized spacial score (nSPS) is 19.8. The predicted molar refractivity (Wildman–Crippen MR) is 78.7 cm³/mol. The molecule has 3 rings (SSSR count). The maximum atomic E-state index is 13.3. The van der Waals surface area contributed by atoms with Crippen LogP contribution < -0.4 is 0 Å². The Balaban J connectivity index is 1.62. The van der Waals surface area contributed by atoms with Gasteiger partial charge < -0.3 is 4.74 Å². The zero-order valence-corrected chi connectivity index (χ0v) is 12.3. The molecular weight excluding hydrogens is 293 g/mol. The van der Waals surface area contributed by atoms with Crippen LogP contribution >= 0.6 is 11.6 Å². The maximum Gasteiger partial charge on any atom is 0.123 e. The molecule has 0 spiro atoms. The predicted octanol–water partition coefficient (Wildman–Crippen LogP) is 2.58. The highest BCUT2D eigenvalue weighted by molar-refractivity contribution is 6.31. The summed E-state index contributed by atoms with van der Waals surface area (Å²) in [6, 6.07) is 6.38. The van der Waals surface area contributed by atoms with Crippen molar-refractivity contribution in [3.05, 3.63) is 53.1 Å². The second-order valence-corrected chi connectivity index (χ2v) is 5.60. The molecule has 112 valence electrons. The minimum absolute atomic E-state index is 0.0889. The molecule has 2 heterocycles. The van der Waals surface area contributed by atoms with Gasteiger partial charge in [0.05, 0.1) is 19.3 Å². The third-order valence-electron chi connectivity index (χ3n) is 3.57. The van der Waals surface area contributed by atoms with Crippen molar-refractivity contribution >= 4 is 11.6 Å². The molecule has 0 bridgehead atoms. The van der Waals surface area contributed by atoms with Gasteiger partial charge in [0, 0.05) is 37.1 Å². The van der Waals surface area contributed by atoms with Crippen molar-refractivity contribution in [2.24, 2.45) is 0 Å². The fourth-order valence-electron chi connectivity index (χ4n) is 2.56. The van der Waals surface area contributed by atoms with Gasteiger partial charge in [-0.1, -0.05) is 11.6 Å². The summed E-state index contributed by atoms with van der Waals surface area (Å²) in [6.45, 7) is 3.63. The minimum atomic E-state index is -0.254. The van der Waals surface area contributed by atoms with Gasteiger partial charge >= 0.3 is 0 Å². The fraction of sp³-hybridized carbons (Fsp3) is 0.400. The van der Waals surface area contributed by atoms with E-state index < -0.39 is 0 Å². The second-order valence-electron chi connectivity index (χ2n) is 5.19. The lowest BCUT2D eigenvalue weighted by molar-refractivity contribution is -0.0402. The molecule has 1 aromatic carbocycles. The number of hydrogen-bond donors (Lipinski definition) is 0. The quantitative estimate of drug-likeness (QED) is 0.869. The zero-order chi connectivity index (χ0) is 14.7. The summed E-state index contributed by atoms with van der Waals surface area (Å²) < 4.78 is 20.9. The SMILES string of the molecule is Fc1ccc(Cl)c(CN2CCO[C@@H](Cn3cccn3)C2)c1. The first-order valence-electron chi connectivity index (χ1n) is 6.96. The van der Waals surface area contributed by atoms with Crippen LogP contribution in [0.4, 0.5) is 4.39 Å². The molecular formula is C15H17ClFN3O. The van der Waals surface area contributed by atoms with Crippen LogP contribution in [0.3, 0.4) is 0 Å². The highest BCUT2D eigenvalue weighted by Gasteiger charge is 2.21. The van der Waals surface area contributed by atoms with Crippen LogP contribution in [0.1, 0.15) is 5.56 Å². The summed E-state index contributed by atoms with van der Waals surface area (Å²) in [4.78, 5) is 2.23. The Morgan fingerprint density at radius 3 is 3.14 bits per heavy atom. The van der Waals surface area contributed by atoms with E-state index in [1.807, 2.05) is 16.9 Å². The highest BCUT2D eigenvalue weighted by atomic mass is 35.5. The first-order valence-corrected chi connectivity index (χ1v) is 7.34. The first-order chi connectivity index (χ1) is 10.2. The molecule has 0 aliphatic carbocycles. The summed E-state index contributed by atoms with van der Waals surface area (Å²) in [5, 5.41) is 4.80. The number of halogens is 2. The molecule has 1 aliphatic rings. The topological polar surface area (TPSA) is 30.3 Å². The van der Waals surface area contributed by atoms with Gasteiger partial charge in [0.1, 0.15) is 5.82 Å². The van der Waals surface area contributed by atoms with Gasteiger partial charge in [0.15, 0.2) is 0 Å². The van der Waals surface area contributed by atoms with Crippen molar-refractivity contribution in [3.8, 4) is 0 Å². The average molecular weight is 310 g/mol. The summed E-state index contributed by atoms with van der Waals surface area (Å²) in [5.41, 5.74) is 0.816. The number of benzene rings is 1. The van der Waals surface area contributed by atoms with Gasteiger partial charge in [-0.25, -0.2) is 4.39 Å². The molecule has 1 aromatic heterocycles. The molecule has 21 heavy (non-hydrogen) atoms. The third-order valence-corrected chi connectivity index (χ3v) is 3.94. The van der Waals surface area contributed by atoms with Crippen molar-refractivity contribution in [1.82, 2.24) is 14.7 Å². The second kappa shape index (κ2) is 6.56. The van der Waals surface area contributed by atoms with Gasteiger partial charge in [-0.2, -0.15) is 5.10 Å². The monoisotopic (exact) mass is 309 g/mol. The molecule has 0 amide bonds. The van der Waals surface area contributed by atoms with Crippen molar-refractivity contribution < 1.29 is 9.13 Å². The number of hydrogen-bond acceptors (Lipinski definition) is 3. The molecule has 1 aliphatic heterocycles.